The van der Waals surface area contributed by atoms with Gasteiger partial charge in [-0.05, 0) is 30.8 Å². The lowest BCUT2D eigenvalue weighted by Crippen LogP contribution is -2.29. The molecule has 1 rings (SSSR count). The third-order valence-electron chi connectivity index (χ3n) is 2.63. The summed E-state index contributed by atoms with van der Waals surface area (Å²) in [7, 11) is 0. The van der Waals surface area contributed by atoms with Crippen LogP contribution in [0.3, 0.4) is 0 Å². The summed E-state index contributed by atoms with van der Waals surface area (Å²) in [6.45, 7) is 6.29. The maximum absolute atomic E-state index is 6.02. The molecule has 0 spiro atoms. The van der Waals surface area contributed by atoms with Gasteiger partial charge in [-0.1, -0.05) is 37.6 Å². The van der Waals surface area contributed by atoms with Gasteiger partial charge in [0.1, 0.15) is 0 Å². The number of hydrogen-bond acceptors (Lipinski definition) is 1. The van der Waals surface area contributed by atoms with Crippen molar-refractivity contribution in [2.75, 3.05) is 19.0 Å². The number of hydrogen-bond donors (Lipinski definition) is 0. The van der Waals surface area contributed by atoms with Gasteiger partial charge >= 0.3 is 0 Å². The van der Waals surface area contributed by atoms with E-state index >= 15 is 0 Å². The Balaban J connectivity index is 2.90. The first-order chi connectivity index (χ1) is 7.22. The Morgan fingerprint density at radius 1 is 1.27 bits per heavy atom. The molecule has 0 aliphatic carbocycles. The van der Waals surface area contributed by atoms with E-state index in [1.54, 1.807) is 0 Å². The van der Waals surface area contributed by atoms with Gasteiger partial charge in [0.05, 0.1) is 0 Å². The maximum atomic E-state index is 6.02. The summed E-state index contributed by atoms with van der Waals surface area (Å²) in [5.74, 6) is 0.599. The molecule has 0 fully saturated rings. The smallest absolute Gasteiger partial charge is 0.0483 e. The molecule has 1 atom stereocenters. The Kier molecular flexibility index (Phi) is 5.44. The standard InChI is InChI=1S/C12H17Cl2N/c1-3-15(4-2)12(9-13)10-6-5-7-11(14)8-10/h5-8,12H,3-4,9H2,1-2H3. The summed E-state index contributed by atoms with van der Waals surface area (Å²) < 4.78 is 0. The third kappa shape index (κ3) is 3.37. The molecule has 84 valence electrons. The molecule has 3 heteroatoms. The van der Waals surface area contributed by atoms with E-state index in [2.05, 4.69) is 24.8 Å². The second-order valence-corrected chi connectivity index (χ2v) is 4.19. The number of alkyl halides is 1. The normalized spacial score (nSPS) is 13.1. The molecule has 1 nitrogen and oxygen atoms in total. The lowest BCUT2D eigenvalue weighted by Gasteiger charge is -2.28. The molecule has 0 aromatic heterocycles. The van der Waals surface area contributed by atoms with Crippen molar-refractivity contribution >= 4 is 23.2 Å². The van der Waals surface area contributed by atoms with Crippen LogP contribution in [-0.4, -0.2) is 23.9 Å². The first kappa shape index (κ1) is 12.8. The molecule has 1 aromatic rings. The van der Waals surface area contributed by atoms with E-state index in [1.165, 1.54) is 5.56 Å². The van der Waals surface area contributed by atoms with Gasteiger partial charge in [-0.15, -0.1) is 11.6 Å². The quantitative estimate of drug-likeness (QED) is 0.711. The van der Waals surface area contributed by atoms with Crippen LogP contribution in [0, 0.1) is 0 Å². The zero-order valence-corrected chi connectivity index (χ0v) is 10.7. The highest BCUT2D eigenvalue weighted by Crippen LogP contribution is 2.24. The monoisotopic (exact) mass is 245 g/mol. The number of rotatable bonds is 5. The van der Waals surface area contributed by atoms with Crippen molar-refractivity contribution in [2.24, 2.45) is 0 Å². The van der Waals surface area contributed by atoms with Crippen LogP contribution >= 0.6 is 23.2 Å². The van der Waals surface area contributed by atoms with E-state index < -0.39 is 0 Å². The van der Waals surface area contributed by atoms with E-state index in [0.29, 0.717) is 5.88 Å². The van der Waals surface area contributed by atoms with E-state index in [1.807, 2.05) is 18.2 Å². The second-order valence-electron chi connectivity index (χ2n) is 3.45. The first-order valence-corrected chi connectivity index (χ1v) is 6.19. The van der Waals surface area contributed by atoms with Gasteiger partial charge < -0.3 is 0 Å². The van der Waals surface area contributed by atoms with E-state index in [4.69, 9.17) is 23.2 Å². The minimum atomic E-state index is 0.264. The van der Waals surface area contributed by atoms with Crippen molar-refractivity contribution < 1.29 is 0 Å². The molecule has 0 saturated heterocycles. The Morgan fingerprint density at radius 2 is 1.93 bits per heavy atom. The van der Waals surface area contributed by atoms with Crippen LogP contribution in [-0.2, 0) is 0 Å². The molecule has 0 heterocycles. The summed E-state index contributed by atoms with van der Waals surface area (Å²) >= 11 is 12.0. The molecule has 15 heavy (non-hydrogen) atoms. The van der Waals surface area contributed by atoms with Crippen LogP contribution < -0.4 is 0 Å². The highest BCUT2D eigenvalue weighted by Gasteiger charge is 2.16. The van der Waals surface area contributed by atoms with Crippen molar-refractivity contribution in [1.82, 2.24) is 4.90 Å². The molecule has 0 saturated carbocycles. The Labute approximate surface area is 102 Å². The zero-order valence-electron chi connectivity index (χ0n) is 9.21. The molecule has 0 aliphatic heterocycles. The minimum Gasteiger partial charge on any atom is -0.296 e. The Hall–Kier alpha value is -0.240. The average Bonchev–Trinajstić information content (AvgIpc) is 2.25. The molecular formula is C12H17Cl2N. The average molecular weight is 246 g/mol. The van der Waals surface area contributed by atoms with Crippen molar-refractivity contribution in [1.29, 1.82) is 0 Å². The predicted octanol–water partition coefficient (Wildman–Crippen LogP) is 3.96. The zero-order chi connectivity index (χ0) is 11.3. The fourth-order valence-corrected chi connectivity index (χ4v) is 2.35. The molecule has 0 aliphatic rings. The number of halogens is 2. The summed E-state index contributed by atoms with van der Waals surface area (Å²) in [5, 5.41) is 0.773. The number of benzene rings is 1. The molecule has 1 aromatic carbocycles. The highest BCUT2D eigenvalue weighted by atomic mass is 35.5. The molecule has 0 bridgehead atoms. The lowest BCUT2D eigenvalue weighted by molar-refractivity contribution is 0.237. The Bertz CT molecular complexity index is 297. The van der Waals surface area contributed by atoms with Crippen molar-refractivity contribution in [2.45, 2.75) is 19.9 Å². The van der Waals surface area contributed by atoms with Crippen LogP contribution in [0.5, 0.6) is 0 Å². The Morgan fingerprint density at radius 3 is 2.40 bits per heavy atom. The van der Waals surface area contributed by atoms with Gasteiger partial charge in [-0.3, -0.25) is 4.90 Å². The summed E-state index contributed by atoms with van der Waals surface area (Å²) in [6, 6.07) is 8.20. The van der Waals surface area contributed by atoms with Crippen molar-refractivity contribution in [3.05, 3.63) is 34.9 Å². The molecule has 0 radical (unpaired) electrons. The topological polar surface area (TPSA) is 3.24 Å². The van der Waals surface area contributed by atoms with Gasteiger partial charge in [-0.25, -0.2) is 0 Å². The second kappa shape index (κ2) is 6.37. The molecule has 0 amide bonds. The lowest BCUT2D eigenvalue weighted by atomic mass is 10.1. The summed E-state index contributed by atoms with van der Waals surface area (Å²) in [6.07, 6.45) is 0. The van der Waals surface area contributed by atoms with Gasteiger partial charge in [0.25, 0.3) is 0 Å². The molecular weight excluding hydrogens is 229 g/mol. The first-order valence-electron chi connectivity index (χ1n) is 5.28. The van der Waals surface area contributed by atoms with Gasteiger partial charge in [0.15, 0.2) is 0 Å². The van der Waals surface area contributed by atoms with E-state index in [0.717, 1.165) is 18.1 Å². The molecule has 1 unspecified atom stereocenters. The largest absolute Gasteiger partial charge is 0.296 e. The van der Waals surface area contributed by atoms with Crippen LogP contribution in [0.25, 0.3) is 0 Å². The highest BCUT2D eigenvalue weighted by molar-refractivity contribution is 6.30. The van der Waals surface area contributed by atoms with Gasteiger partial charge in [0.2, 0.25) is 0 Å². The van der Waals surface area contributed by atoms with Crippen LogP contribution in [0.4, 0.5) is 0 Å². The fraction of sp³-hybridized carbons (Fsp3) is 0.500. The number of nitrogens with zero attached hydrogens (tertiary/aromatic N) is 1. The van der Waals surface area contributed by atoms with Crippen molar-refractivity contribution in [3.63, 3.8) is 0 Å². The predicted molar refractivity (Wildman–Crippen MR) is 67.8 cm³/mol. The summed E-state index contributed by atoms with van der Waals surface area (Å²) in [5.41, 5.74) is 1.20. The van der Waals surface area contributed by atoms with Crippen LogP contribution in [0.15, 0.2) is 24.3 Å². The maximum Gasteiger partial charge on any atom is 0.0483 e. The van der Waals surface area contributed by atoms with E-state index in [-0.39, 0.29) is 6.04 Å². The van der Waals surface area contributed by atoms with Crippen LogP contribution in [0.1, 0.15) is 25.5 Å². The van der Waals surface area contributed by atoms with E-state index in [9.17, 15) is 0 Å². The van der Waals surface area contributed by atoms with Crippen molar-refractivity contribution in [3.8, 4) is 0 Å². The summed E-state index contributed by atoms with van der Waals surface area (Å²) in [4.78, 5) is 2.33. The van der Waals surface area contributed by atoms with Gasteiger partial charge in [0, 0.05) is 16.9 Å². The van der Waals surface area contributed by atoms with Gasteiger partial charge in [-0.2, -0.15) is 0 Å². The third-order valence-corrected chi connectivity index (χ3v) is 3.16. The minimum absolute atomic E-state index is 0.264. The SMILES string of the molecule is CCN(CC)C(CCl)c1cccc(Cl)c1. The fourth-order valence-electron chi connectivity index (χ4n) is 1.78. The van der Waals surface area contributed by atoms with Crippen LogP contribution in [0.2, 0.25) is 5.02 Å². The molecule has 0 N–H and O–H groups in total.